The van der Waals surface area contributed by atoms with Crippen molar-refractivity contribution in [2.45, 2.75) is 0 Å². The van der Waals surface area contributed by atoms with Crippen LogP contribution in [0.4, 0.5) is 0 Å². The predicted molar refractivity (Wildman–Crippen MR) is 47.9 cm³/mol. The lowest BCUT2D eigenvalue weighted by Gasteiger charge is -2.15. The van der Waals surface area contributed by atoms with E-state index in [1.807, 2.05) is 0 Å². The lowest BCUT2D eigenvalue weighted by molar-refractivity contribution is -0.0272. The smallest absolute Gasteiger partial charge is 0.198 e. The van der Waals surface area contributed by atoms with Gasteiger partial charge in [0.25, 0.3) is 10.1 Å². The first-order valence-corrected chi connectivity index (χ1v) is 5.17. The average Bonchev–Trinajstić information content (AvgIpc) is 1.84. The van der Waals surface area contributed by atoms with Crippen LogP contribution in [-0.4, -0.2) is 32.8 Å². The Labute approximate surface area is 73.2 Å². The van der Waals surface area contributed by atoms with Crippen molar-refractivity contribution >= 4 is 10.1 Å². The minimum absolute atomic E-state index is 0.346. The second kappa shape index (κ2) is 5.08. The highest BCUT2D eigenvalue weighted by atomic mass is 32.2. The van der Waals surface area contributed by atoms with Crippen LogP contribution < -0.4 is 0 Å². The van der Waals surface area contributed by atoms with Crippen molar-refractivity contribution in [2.24, 2.45) is 0 Å². The van der Waals surface area contributed by atoms with E-state index in [1.165, 1.54) is 5.06 Å². The highest BCUT2D eigenvalue weighted by Crippen LogP contribution is 1.96. The summed E-state index contributed by atoms with van der Waals surface area (Å²) in [5.41, 5.74) is 0. The minimum Gasteiger partial charge on any atom is -0.198 e. The van der Waals surface area contributed by atoms with E-state index in [9.17, 15) is 8.42 Å². The van der Waals surface area contributed by atoms with E-state index < -0.39 is 10.1 Å². The van der Waals surface area contributed by atoms with Gasteiger partial charge in [-0.1, -0.05) is 12.2 Å². The summed E-state index contributed by atoms with van der Waals surface area (Å²) in [5, 5.41) is 1.25. The third-order valence-corrected chi connectivity index (χ3v) is 1.39. The molecule has 0 bridgehead atoms. The van der Waals surface area contributed by atoms with Gasteiger partial charge in [0, 0.05) is 13.1 Å². The topological polar surface area (TPSA) is 46.6 Å². The molecule has 0 aromatic carbocycles. The summed E-state index contributed by atoms with van der Waals surface area (Å²) in [6, 6.07) is 0. The Morgan fingerprint density at radius 3 is 2.00 bits per heavy atom. The summed E-state index contributed by atoms with van der Waals surface area (Å²) >= 11 is 0. The molecule has 70 valence electrons. The summed E-state index contributed by atoms with van der Waals surface area (Å²) < 4.78 is 25.9. The third kappa shape index (κ3) is 6.09. The summed E-state index contributed by atoms with van der Waals surface area (Å²) in [5.74, 6) is 0. The maximum Gasteiger partial charge on any atom is 0.280 e. The lowest BCUT2D eigenvalue weighted by Crippen LogP contribution is -2.27. The van der Waals surface area contributed by atoms with Crippen molar-refractivity contribution in [3.05, 3.63) is 25.3 Å². The van der Waals surface area contributed by atoms with E-state index in [0.29, 0.717) is 13.1 Å². The molecule has 0 atom stereocenters. The highest BCUT2D eigenvalue weighted by Gasteiger charge is 2.08. The molecule has 4 nitrogen and oxygen atoms in total. The quantitative estimate of drug-likeness (QED) is 0.454. The molecular formula is C7H13NO3S. The van der Waals surface area contributed by atoms with Crippen molar-refractivity contribution in [3.63, 3.8) is 0 Å². The molecule has 0 amide bonds. The zero-order valence-electron chi connectivity index (χ0n) is 7.06. The number of hydroxylamine groups is 2. The van der Waals surface area contributed by atoms with Gasteiger partial charge in [-0.25, -0.2) is 0 Å². The molecule has 0 heterocycles. The van der Waals surface area contributed by atoms with Crippen molar-refractivity contribution in [3.8, 4) is 0 Å². The summed E-state index contributed by atoms with van der Waals surface area (Å²) in [6.45, 7) is 7.62. The minimum atomic E-state index is -3.44. The molecule has 0 saturated heterocycles. The van der Waals surface area contributed by atoms with Gasteiger partial charge in [-0.2, -0.15) is 17.8 Å². The Morgan fingerprint density at radius 1 is 1.33 bits per heavy atom. The third-order valence-electron chi connectivity index (χ3n) is 0.906. The monoisotopic (exact) mass is 191 g/mol. The van der Waals surface area contributed by atoms with Crippen LogP contribution in [-0.2, 0) is 14.4 Å². The summed E-state index contributed by atoms with van der Waals surface area (Å²) in [4.78, 5) is 0. The maximum absolute atomic E-state index is 10.7. The lowest BCUT2D eigenvalue weighted by atomic mass is 10.5. The second-order valence-corrected chi connectivity index (χ2v) is 3.76. The van der Waals surface area contributed by atoms with E-state index >= 15 is 0 Å². The molecule has 0 aliphatic heterocycles. The first kappa shape index (κ1) is 11.4. The first-order chi connectivity index (χ1) is 5.49. The van der Waals surface area contributed by atoms with Crippen molar-refractivity contribution in [2.75, 3.05) is 19.3 Å². The van der Waals surface area contributed by atoms with Crippen LogP contribution >= 0.6 is 0 Å². The van der Waals surface area contributed by atoms with E-state index in [2.05, 4.69) is 17.4 Å². The molecule has 0 rings (SSSR count). The van der Waals surface area contributed by atoms with Gasteiger partial charge >= 0.3 is 0 Å². The van der Waals surface area contributed by atoms with Crippen LogP contribution in [0.5, 0.6) is 0 Å². The molecule has 5 heteroatoms. The summed E-state index contributed by atoms with van der Waals surface area (Å²) in [7, 11) is -3.44. The zero-order chi connectivity index (χ0) is 9.61. The van der Waals surface area contributed by atoms with Crippen LogP contribution in [0.15, 0.2) is 25.3 Å². The van der Waals surface area contributed by atoms with Crippen LogP contribution in [0.1, 0.15) is 0 Å². The Hall–Kier alpha value is -0.650. The maximum atomic E-state index is 10.7. The molecule has 0 fully saturated rings. The molecule has 0 aliphatic rings. The molecule has 0 unspecified atom stereocenters. The highest BCUT2D eigenvalue weighted by molar-refractivity contribution is 7.85. The average molecular weight is 191 g/mol. The van der Waals surface area contributed by atoms with E-state index in [-0.39, 0.29) is 0 Å². The Bertz CT molecular complexity index is 235. The Kier molecular flexibility index (Phi) is 4.80. The SMILES string of the molecule is C=CCN(CC=C)OS(C)(=O)=O. The molecule has 0 aromatic heterocycles. The van der Waals surface area contributed by atoms with Gasteiger partial charge in [0.2, 0.25) is 0 Å². The van der Waals surface area contributed by atoms with Crippen molar-refractivity contribution in [1.29, 1.82) is 0 Å². The number of nitrogens with zero attached hydrogens (tertiary/aromatic N) is 1. The van der Waals surface area contributed by atoms with Gasteiger partial charge in [0.1, 0.15) is 0 Å². The van der Waals surface area contributed by atoms with Gasteiger partial charge in [0.05, 0.1) is 6.26 Å². The normalized spacial score (nSPS) is 11.5. The number of hydrogen-bond donors (Lipinski definition) is 0. The van der Waals surface area contributed by atoms with Crippen LogP contribution in [0.3, 0.4) is 0 Å². The van der Waals surface area contributed by atoms with E-state index in [1.54, 1.807) is 12.2 Å². The molecule has 0 aliphatic carbocycles. The molecule has 0 N–H and O–H groups in total. The van der Waals surface area contributed by atoms with Crippen LogP contribution in [0.2, 0.25) is 0 Å². The Balaban J connectivity index is 4.12. The predicted octanol–water partition coefficient (Wildman–Crippen LogP) is 0.552. The molecule has 0 aromatic rings. The van der Waals surface area contributed by atoms with Gasteiger partial charge in [-0.3, -0.25) is 0 Å². The number of hydrogen-bond acceptors (Lipinski definition) is 4. The fourth-order valence-corrected chi connectivity index (χ4v) is 1.12. The molecular weight excluding hydrogens is 178 g/mol. The second-order valence-electron chi connectivity index (χ2n) is 2.20. The van der Waals surface area contributed by atoms with Gasteiger partial charge in [0.15, 0.2) is 0 Å². The van der Waals surface area contributed by atoms with Crippen molar-refractivity contribution in [1.82, 2.24) is 5.06 Å². The summed E-state index contributed by atoms with van der Waals surface area (Å²) in [6.07, 6.45) is 4.09. The zero-order valence-corrected chi connectivity index (χ0v) is 7.88. The standard InChI is InChI=1S/C7H13NO3S/c1-4-6-8(7-5-2)11-12(3,9)10/h4-5H,1-2,6-7H2,3H3. The molecule has 0 spiro atoms. The van der Waals surface area contributed by atoms with E-state index in [0.717, 1.165) is 6.26 Å². The van der Waals surface area contributed by atoms with Crippen LogP contribution in [0.25, 0.3) is 0 Å². The first-order valence-electron chi connectivity index (χ1n) is 3.36. The fourth-order valence-electron chi connectivity index (χ4n) is 0.615. The van der Waals surface area contributed by atoms with Gasteiger partial charge in [-0.05, 0) is 0 Å². The molecule has 12 heavy (non-hydrogen) atoms. The Morgan fingerprint density at radius 2 is 1.75 bits per heavy atom. The number of rotatable bonds is 6. The van der Waals surface area contributed by atoms with Gasteiger partial charge in [-0.15, -0.1) is 13.2 Å². The van der Waals surface area contributed by atoms with Crippen molar-refractivity contribution < 1.29 is 12.7 Å². The largest absolute Gasteiger partial charge is 0.280 e. The van der Waals surface area contributed by atoms with E-state index in [4.69, 9.17) is 0 Å². The van der Waals surface area contributed by atoms with Crippen LogP contribution in [0, 0.1) is 0 Å². The molecule has 0 radical (unpaired) electrons. The molecule has 0 saturated carbocycles. The van der Waals surface area contributed by atoms with Gasteiger partial charge < -0.3 is 0 Å². The fraction of sp³-hybridized carbons (Fsp3) is 0.429.